The Balaban J connectivity index is 1.17. The molecule has 1 saturated heterocycles. The van der Waals surface area contributed by atoms with Crippen molar-refractivity contribution < 1.29 is 32.2 Å². The molecule has 4 atom stereocenters. The van der Waals surface area contributed by atoms with Gasteiger partial charge < -0.3 is 29.7 Å². The highest BCUT2D eigenvalue weighted by Gasteiger charge is 2.61. The highest BCUT2D eigenvalue weighted by atomic mass is 32.2. The number of fused-ring (bicyclic) bond motifs is 3. The van der Waals surface area contributed by atoms with Crippen LogP contribution < -0.4 is 34.5 Å². The molecule has 0 spiro atoms. The van der Waals surface area contributed by atoms with Gasteiger partial charge in [-0.3, -0.25) is 14.3 Å². The number of rotatable bonds is 9. The van der Waals surface area contributed by atoms with Crippen LogP contribution in [-0.4, -0.2) is 82.0 Å². The number of hydrogen-bond acceptors (Lipinski definition) is 10. The molecule has 3 heterocycles. The summed E-state index contributed by atoms with van der Waals surface area (Å²) in [4.78, 5) is 33.0. The van der Waals surface area contributed by atoms with Crippen LogP contribution in [0.1, 0.15) is 25.7 Å². The number of aromatic nitrogens is 1. The SMILES string of the molecule is C=C[C@@H]1C[C@]1(NC(=O)C1CC(Oc2nc3c(c4cc(OC)ccc24)OCCN3C)CN1)C(=O)NS(=O)(=O)C1CC1. The van der Waals surface area contributed by atoms with E-state index in [4.69, 9.17) is 19.2 Å². The van der Waals surface area contributed by atoms with Crippen molar-refractivity contribution in [2.75, 3.05) is 38.8 Å². The van der Waals surface area contributed by atoms with E-state index in [9.17, 15) is 18.0 Å². The second-order valence-corrected chi connectivity index (χ2v) is 12.8. The Bertz CT molecular complexity index is 1490. The first kappa shape index (κ1) is 26.6. The zero-order chi connectivity index (χ0) is 28.2. The maximum Gasteiger partial charge on any atom is 0.259 e. The zero-order valence-corrected chi connectivity index (χ0v) is 23.3. The second kappa shape index (κ2) is 9.81. The lowest BCUT2D eigenvalue weighted by molar-refractivity contribution is -0.130. The van der Waals surface area contributed by atoms with Crippen LogP contribution in [0.2, 0.25) is 0 Å². The fourth-order valence-corrected chi connectivity index (χ4v) is 6.77. The molecule has 1 aromatic carbocycles. The number of carbonyl (C=O) groups is 2. The van der Waals surface area contributed by atoms with Crippen molar-refractivity contribution in [3.8, 4) is 17.4 Å². The molecule has 2 aliphatic carbocycles. The highest BCUT2D eigenvalue weighted by Crippen LogP contribution is 2.45. The summed E-state index contributed by atoms with van der Waals surface area (Å²) >= 11 is 0. The quantitative estimate of drug-likeness (QED) is 0.370. The van der Waals surface area contributed by atoms with Crippen LogP contribution in [0.4, 0.5) is 5.82 Å². The van der Waals surface area contributed by atoms with E-state index >= 15 is 0 Å². The molecule has 2 aliphatic heterocycles. The predicted molar refractivity (Wildman–Crippen MR) is 147 cm³/mol. The topological polar surface area (TPSA) is 148 Å². The number of hydrogen-bond donors (Lipinski definition) is 3. The smallest absolute Gasteiger partial charge is 0.259 e. The van der Waals surface area contributed by atoms with Gasteiger partial charge in [0.25, 0.3) is 5.91 Å². The third-order valence-corrected chi connectivity index (χ3v) is 9.90. The number of amides is 2. The van der Waals surface area contributed by atoms with Crippen molar-refractivity contribution in [3.05, 3.63) is 30.9 Å². The van der Waals surface area contributed by atoms with Crippen LogP contribution in [0.15, 0.2) is 30.9 Å². The van der Waals surface area contributed by atoms with Gasteiger partial charge in [-0.15, -0.1) is 6.58 Å². The normalized spacial score (nSPS) is 27.4. The molecule has 0 bridgehead atoms. The van der Waals surface area contributed by atoms with E-state index in [-0.39, 0.29) is 12.0 Å². The first-order valence-electron chi connectivity index (χ1n) is 13.4. The van der Waals surface area contributed by atoms with Crippen LogP contribution in [0, 0.1) is 5.92 Å². The fraction of sp³-hybridized carbons (Fsp3) is 0.519. The molecule has 2 unspecified atom stereocenters. The number of carbonyl (C=O) groups excluding carboxylic acids is 2. The van der Waals surface area contributed by atoms with Crippen LogP contribution in [0.3, 0.4) is 0 Å². The molecular formula is C27H33N5O7S. The maximum atomic E-state index is 13.2. The Kier molecular flexibility index (Phi) is 6.53. The molecule has 3 fully saturated rings. The third-order valence-electron chi connectivity index (χ3n) is 8.08. The lowest BCUT2D eigenvalue weighted by atomic mass is 10.1. The molecule has 2 amide bonds. The van der Waals surface area contributed by atoms with E-state index < -0.39 is 38.7 Å². The summed E-state index contributed by atoms with van der Waals surface area (Å²) in [6.45, 7) is 5.35. The van der Waals surface area contributed by atoms with Gasteiger partial charge in [-0.1, -0.05) is 6.08 Å². The standard InChI is InChI=1S/C27H33N5O7S/c1-4-15-13-27(15,26(34)31-40(35,36)18-6-7-18)30-24(33)21-12-17(14-28-21)39-25-19-8-5-16(37-3)11-20(19)22-23(29-25)32(2)9-10-38-22/h4-5,8,11,15,17-18,21,28H,1,6-7,9-10,12-14H2,2-3H3,(H,30,33)(H,31,34)/t15-,17?,21?,27-/m1/s1. The van der Waals surface area contributed by atoms with E-state index in [1.165, 1.54) is 0 Å². The first-order valence-corrected chi connectivity index (χ1v) is 15.0. The maximum absolute atomic E-state index is 13.2. The molecule has 6 rings (SSSR count). The monoisotopic (exact) mass is 571 g/mol. The molecule has 13 heteroatoms. The largest absolute Gasteiger partial charge is 0.497 e. The first-order chi connectivity index (χ1) is 19.1. The Morgan fingerprint density at radius 3 is 2.80 bits per heavy atom. The van der Waals surface area contributed by atoms with Crippen molar-refractivity contribution >= 4 is 38.4 Å². The Labute approximate surface area is 232 Å². The summed E-state index contributed by atoms with van der Waals surface area (Å²) in [5.41, 5.74) is -1.32. The number of methoxy groups -OCH3 is 1. The average Bonchev–Trinajstić information content (AvgIpc) is 3.86. The van der Waals surface area contributed by atoms with E-state index in [1.807, 2.05) is 30.1 Å². The van der Waals surface area contributed by atoms with Gasteiger partial charge in [0.2, 0.25) is 21.8 Å². The van der Waals surface area contributed by atoms with Gasteiger partial charge in [0.15, 0.2) is 11.6 Å². The van der Waals surface area contributed by atoms with Gasteiger partial charge in [-0.05, 0) is 37.5 Å². The molecule has 2 saturated carbocycles. The number of likely N-dealkylation sites (N-methyl/N-ethyl adjacent to an activating group) is 1. The van der Waals surface area contributed by atoms with Gasteiger partial charge >= 0.3 is 0 Å². The number of sulfonamides is 1. The Morgan fingerprint density at radius 2 is 2.10 bits per heavy atom. The van der Waals surface area contributed by atoms with Gasteiger partial charge in [0, 0.05) is 36.7 Å². The lowest BCUT2D eigenvalue weighted by Gasteiger charge is -2.28. The number of nitrogens with zero attached hydrogens (tertiary/aromatic N) is 2. The summed E-state index contributed by atoms with van der Waals surface area (Å²) in [6.07, 6.45) is 2.91. The number of benzene rings is 1. The number of nitrogens with one attached hydrogen (secondary N) is 3. The van der Waals surface area contributed by atoms with Crippen molar-refractivity contribution in [3.63, 3.8) is 0 Å². The Morgan fingerprint density at radius 1 is 1.30 bits per heavy atom. The minimum absolute atomic E-state index is 0.297. The van der Waals surface area contributed by atoms with Crippen molar-refractivity contribution in [2.24, 2.45) is 5.92 Å². The van der Waals surface area contributed by atoms with E-state index in [1.54, 1.807) is 13.2 Å². The van der Waals surface area contributed by atoms with E-state index in [0.717, 1.165) is 10.8 Å². The van der Waals surface area contributed by atoms with Crippen LogP contribution in [0.25, 0.3) is 10.8 Å². The predicted octanol–water partition coefficient (Wildman–Crippen LogP) is 0.851. The molecule has 2 aromatic rings. The minimum Gasteiger partial charge on any atom is -0.497 e. The fourth-order valence-electron chi connectivity index (χ4n) is 5.41. The van der Waals surface area contributed by atoms with Gasteiger partial charge in [-0.25, -0.2) is 8.42 Å². The summed E-state index contributed by atoms with van der Waals surface area (Å²) in [6, 6.07) is 4.97. The molecule has 4 aliphatic rings. The lowest BCUT2D eigenvalue weighted by Crippen LogP contribution is -2.55. The van der Waals surface area contributed by atoms with Gasteiger partial charge in [0.1, 0.15) is 24.0 Å². The molecule has 0 radical (unpaired) electrons. The minimum atomic E-state index is -3.74. The van der Waals surface area contributed by atoms with E-state index in [2.05, 4.69) is 21.9 Å². The summed E-state index contributed by atoms with van der Waals surface area (Å²) in [5, 5.41) is 7.02. The molecule has 3 N–H and O–H groups in total. The third kappa shape index (κ3) is 4.70. The highest BCUT2D eigenvalue weighted by molar-refractivity contribution is 7.91. The van der Waals surface area contributed by atoms with Crippen molar-refractivity contribution in [2.45, 2.75) is 48.6 Å². The number of pyridine rings is 1. The number of anilines is 1. The number of ether oxygens (including phenoxy) is 3. The molecule has 214 valence electrons. The Hall–Kier alpha value is -3.58. The van der Waals surface area contributed by atoms with Crippen LogP contribution >= 0.6 is 0 Å². The molecule has 1 aromatic heterocycles. The molecule has 12 nitrogen and oxygen atoms in total. The summed E-state index contributed by atoms with van der Waals surface area (Å²) in [5.74, 6) is 0.998. The van der Waals surface area contributed by atoms with Gasteiger partial charge in [-0.2, -0.15) is 4.98 Å². The van der Waals surface area contributed by atoms with Gasteiger partial charge in [0.05, 0.1) is 24.9 Å². The second-order valence-electron chi connectivity index (χ2n) is 10.9. The average molecular weight is 572 g/mol. The van der Waals surface area contributed by atoms with E-state index in [0.29, 0.717) is 68.6 Å². The molecular weight excluding hydrogens is 538 g/mol. The summed E-state index contributed by atoms with van der Waals surface area (Å²) in [7, 11) is -0.194. The zero-order valence-electron chi connectivity index (χ0n) is 22.4. The van der Waals surface area contributed by atoms with Crippen LogP contribution in [0.5, 0.6) is 17.4 Å². The van der Waals surface area contributed by atoms with Crippen molar-refractivity contribution in [1.82, 2.24) is 20.3 Å². The summed E-state index contributed by atoms with van der Waals surface area (Å²) < 4.78 is 44.6. The van der Waals surface area contributed by atoms with Crippen LogP contribution in [-0.2, 0) is 19.6 Å². The van der Waals surface area contributed by atoms with Crippen molar-refractivity contribution in [1.29, 1.82) is 0 Å². The molecule has 40 heavy (non-hydrogen) atoms.